The molecule has 0 aliphatic carbocycles. The van der Waals surface area contributed by atoms with Gasteiger partial charge in [-0.25, -0.2) is 4.98 Å². The number of hydrogen-bond acceptors (Lipinski definition) is 4. The van der Waals surface area contributed by atoms with Crippen molar-refractivity contribution in [3.8, 4) is 0 Å². The molecule has 2 aromatic carbocycles. The molecule has 0 aliphatic rings. The lowest BCUT2D eigenvalue weighted by atomic mass is 10.1. The Kier molecular flexibility index (Phi) is 7.56. The molecule has 0 radical (unpaired) electrons. The van der Waals surface area contributed by atoms with Crippen molar-refractivity contribution >= 4 is 40.2 Å². The molecule has 1 amide bonds. The Morgan fingerprint density at radius 3 is 2.60 bits per heavy atom. The zero-order valence-electron chi connectivity index (χ0n) is 17.4. The number of halogens is 1. The molecular formula is C23H26ClN3O2S. The number of fused-ring (bicyclic) bond motifs is 1. The van der Waals surface area contributed by atoms with Gasteiger partial charge in [0.2, 0.25) is 0 Å². The topological polar surface area (TPSA) is 64.0 Å². The van der Waals surface area contributed by atoms with Crippen LogP contribution >= 0.6 is 23.4 Å². The van der Waals surface area contributed by atoms with Crippen molar-refractivity contribution in [1.29, 1.82) is 0 Å². The molecule has 3 rings (SSSR count). The molecule has 0 spiro atoms. The first kappa shape index (κ1) is 22.4. The minimum atomic E-state index is -0.151. The van der Waals surface area contributed by atoms with E-state index in [2.05, 4.69) is 19.2 Å². The van der Waals surface area contributed by atoms with E-state index >= 15 is 0 Å². The minimum absolute atomic E-state index is 0.0761. The largest absolute Gasteiger partial charge is 0.352 e. The Morgan fingerprint density at radius 1 is 1.20 bits per heavy atom. The number of aromatic nitrogens is 2. The first-order valence-electron chi connectivity index (χ1n) is 10.1. The zero-order valence-corrected chi connectivity index (χ0v) is 19.0. The number of nitrogens with one attached hydrogen (secondary N) is 1. The van der Waals surface area contributed by atoms with Gasteiger partial charge in [-0.3, -0.25) is 14.2 Å². The van der Waals surface area contributed by atoms with Crippen LogP contribution in [0.25, 0.3) is 10.9 Å². The highest BCUT2D eigenvalue weighted by Crippen LogP contribution is 2.24. The van der Waals surface area contributed by atoms with Gasteiger partial charge in [0.15, 0.2) is 5.16 Å². The van der Waals surface area contributed by atoms with Crippen molar-refractivity contribution in [1.82, 2.24) is 14.9 Å². The maximum atomic E-state index is 13.2. The summed E-state index contributed by atoms with van der Waals surface area (Å²) in [6.07, 6.45) is 0.864. The Morgan fingerprint density at radius 2 is 1.93 bits per heavy atom. The van der Waals surface area contributed by atoms with E-state index in [1.54, 1.807) is 22.8 Å². The third kappa shape index (κ3) is 5.43. The molecule has 0 saturated carbocycles. The van der Waals surface area contributed by atoms with Gasteiger partial charge in [0, 0.05) is 29.4 Å². The number of thioether (sulfide) groups is 1. The van der Waals surface area contributed by atoms with E-state index in [0.29, 0.717) is 51.4 Å². The van der Waals surface area contributed by atoms with Gasteiger partial charge >= 0.3 is 0 Å². The predicted octanol–water partition coefficient (Wildman–Crippen LogP) is 5.14. The first-order valence-corrected chi connectivity index (χ1v) is 11.5. The van der Waals surface area contributed by atoms with Gasteiger partial charge in [-0.2, -0.15) is 0 Å². The number of nitrogens with zero attached hydrogens (tertiary/aromatic N) is 2. The second kappa shape index (κ2) is 10.1. The summed E-state index contributed by atoms with van der Waals surface area (Å²) in [6.45, 7) is 7.35. The normalized spacial score (nSPS) is 11.2. The summed E-state index contributed by atoms with van der Waals surface area (Å²) < 4.78 is 1.74. The highest BCUT2D eigenvalue weighted by atomic mass is 35.5. The van der Waals surface area contributed by atoms with Crippen LogP contribution in [0.15, 0.2) is 52.4 Å². The van der Waals surface area contributed by atoms with Crippen molar-refractivity contribution in [2.45, 2.75) is 44.6 Å². The Labute approximate surface area is 185 Å². The Balaban J connectivity index is 1.99. The van der Waals surface area contributed by atoms with Gasteiger partial charge in [0.25, 0.3) is 11.5 Å². The number of rotatable bonds is 8. The van der Waals surface area contributed by atoms with Crippen LogP contribution < -0.4 is 10.9 Å². The Bertz CT molecular complexity index is 1090. The fraction of sp³-hybridized carbons (Fsp3) is 0.348. The second-order valence-corrected chi connectivity index (χ2v) is 8.99. The van der Waals surface area contributed by atoms with Crippen molar-refractivity contribution in [3.05, 3.63) is 69.0 Å². The number of hydrogen-bond donors (Lipinski definition) is 1. The van der Waals surface area contributed by atoms with Crippen molar-refractivity contribution < 1.29 is 4.79 Å². The Hall–Kier alpha value is -2.31. The molecule has 30 heavy (non-hydrogen) atoms. The predicted molar refractivity (Wildman–Crippen MR) is 124 cm³/mol. The van der Waals surface area contributed by atoms with Crippen LogP contribution in [0, 0.1) is 5.92 Å². The number of amides is 1. The lowest BCUT2D eigenvalue weighted by Gasteiger charge is -2.15. The summed E-state index contributed by atoms with van der Waals surface area (Å²) in [5.74, 6) is 0.822. The van der Waals surface area contributed by atoms with Crippen LogP contribution in [0.5, 0.6) is 0 Å². The monoisotopic (exact) mass is 443 g/mol. The molecule has 7 heteroatoms. The molecule has 0 aliphatic heterocycles. The molecule has 0 saturated heterocycles. The lowest BCUT2D eigenvalue weighted by molar-refractivity contribution is 0.0954. The van der Waals surface area contributed by atoms with Crippen molar-refractivity contribution in [2.24, 2.45) is 5.92 Å². The lowest BCUT2D eigenvalue weighted by Crippen LogP contribution is -2.26. The molecule has 5 nitrogen and oxygen atoms in total. The van der Waals surface area contributed by atoms with Crippen LogP contribution in [0.2, 0.25) is 5.02 Å². The average molecular weight is 444 g/mol. The molecule has 0 unspecified atom stereocenters. The third-order valence-electron chi connectivity index (χ3n) is 4.55. The zero-order chi connectivity index (χ0) is 21.7. The van der Waals surface area contributed by atoms with E-state index in [1.165, 1.54) is 11.8 Å². The summed E-state index contributed by atoms with van der Waals surface area (Å²) >= 11 is 7.49. The third-order valence-corrected chi connectivity index (χ3v) is 5.85. The molecule has 3 aromatic rings. The summed E-state index contributed by atoms with van der Waals surface area (Å²) in [5, 5.41) is 4.74. The maximum Gasteiger partial charge on any atom is 0.262 e. The van der Waals surface area contributed by atoms with Crippen LogP contribution in [0.4, 0.5) is 0 Å². The first-order chi connectivity index (χ1) is 14.4. The van der Waals surface area contributed by atoms with E-state index in [-0.39, 0.29) is 11.5 Å². The molecule has 0 bridgehead atoms. The maximum absolute atomic E-state index is 13.2. The highest BCUT2D eigenvalue weighted by Gasteiger charge is 2.15. The van der Waals surface area contributed by atoms with Gasteiger partial charge in [-0.15, -0.1) is 0 Å². The fourth-order valence-corrected chi connectivity index (χ4v) is 4.14. The number of benzene rings is 2. The van der Waals surface area contributed by atoms with E-state index in [0.717, 1.165) is 12.0 Å². The standard InChI is InChI=1S/C23H26ClN3O2S/c1-4-11-25-21(28)17-7-10-19-20(12-17)26-23(27(22(19)29)13-15(2)3)30-14-16-5-8-18(24)9-6-16/h5-10,12,15H,4,11,13-14H2,1-3H3,(H,25,28). The number of carbonyl (C=O) groups is 1. The van der Waals surface area contributed by atoms with E-state index in [1.807, 2.05) is 31.2 Å². The highest BCUT2D eigenvalue weighted by molar-refractivity contribution is 7.98. The van der Waals surface area contributed by atoms with Crippen LogP contribution in [0.1, 0.15) is 43.1 Å². The summed E-state index contributed by atoms with van der Waals surface area (Å²) in [6, 6.07) is 12.7. The molecule has 1 N–H and O–H groups in total. The fourth-order valence-electron chi connectivity index (χ4n) is 3.05. The molecule has 0 fully saturated rings. The molecule has 0 atom stereocenters. The summed E-state index contributed by atoms with van der Waals surface area (Å²) in [5.41, 5.74) is 2.08. The second-order valence-electron chi connectivity index (χ2n) is 7.61. The van der Waals surface area contributed by atoms with Gasteiger partial charge < -0.3 is 5.32 Å². The van der Waals surface area contributed by atoms with Gasteiger partial charge in [-0.1, -0.05) is 56.3 Å². The van der Waals surface area contributed by atoms with E-state index in [4.69, 9.17) is 16.6 Å². The summed E-state index contributed by atoms with van der Waals surface area (Å²) in [4.78, 5) is 30.3. The van der Waals surface area contributed by atoms with E-state index in [9.17, 15) is 9.59 Å². The van der Waals surface area contributed by atoms with Crippen LogP contribution in [-0.2, 0) is 12.3 Å². The van der Waals surface area contributed by atoms with Crippen LogP contribution in [0.3, 0.4) is 0 Å². The van der Waals surface area contributed by atoms with Crippen molar-refractivity contribution in [2.75, 3.05) is 6.54 Å². The smallest absolute Gasteiger partial charge is 0.262 e. The average Bonchev–Trinajstić information content (AvgIpc) is 2.73. The minimum Gasteiger partial charge on any atom is -0.352 e. The molecule has 1 aromatic heterocycles. The molecule has 158 valence electrons. The number of carbonyl (C=O) groups excluding carboxylic acids is 1. The quantitative estimate of drug-likeness (QED) is 0.387. The summed E-state index contributed by atoms with van der Waals surface area (Å²) in [7, 11) is 0. The van der Waals surface area contributed by atoms with E-state index < -0.39 is 0 Å². The van der Waals surface area contributed by atoms with Crippen molar-refractivity contribution in [3.63, 3.8) is 0 Å². The van der Waals surface area contributed by atoms with Gasteiger partial charge in [0.05, 0.1) is 10.9 Å². The molecular weight excluding hydrogens is 418 g/mol. The SMILES string of the molecule is CCCNC(=O)c1ccc2c(=O)n(CC(C)C)c(SCc3ccc(Cl)cc3)nc2c1. The van der Waals surface area contributed by atoms with Gasteiger partial charge in [-0.05, 0) is 48.2 Å². The molecule has 1 heterocycles. The van der Waals surface area contributed by atoms with Gasteiger partial charge in [0.1, 0.15) is 0 Å². The van der Waals surface area contributed by atoms with Crippen LogP contribution in [-0.4, -0.2) is 22.0 Å².